The van der Waals surface area contributed by atoms with E-state index in [9.17, 15) is 12.8 Å². The number of imidazole rings is 1. The van der Waals surface area contributed by atoms with Crippen molar-refractivity contribution in [2.45, 2.75) is 4.90 Å². The molecule has 3 N–H and O–H groups in total. The monoisotopic (exact) mass is 503 g/mol. The minimum absolute atomic E-state index is 0.0984. The first-order chi connectivity index (χ1) is 16.7. The first kappa shape index (κ1) is 22.5. The predicted octanol–water partition coefficient (Wildman–Crippen LogP) is 3.58. The number of nitrogens with one attached hydrogen (secondary N) is 3. The molecule has 180 valence electrons. The molecular formula is C21H16F3N7O3S. The number of sulfonamides is 1. The van der Waals surface area contributed by atoms with E-state index in [-0.39, 0.29) is 16.3 Å². The van der Waals surface area contributed by atoms with Gasteiger partial charge < -0.3 is 9.72 Å². The Balaban J connectivity index is 1.60. The molecule has 35 heavy (non-hydrogen) atoms. The minimum atomic E-state index is -4.38. The highest BCUT2D eigenvalue weighted by molar-refractivity contribution is 7.92. The number of H-pyrrole nitrogens is 2. The smallest absolute Gasteiger partial charge is 0.268 e. The summed E-state index contributed by atoms with van der Waals surface area (Å²) in [4.78, 5) is 6.57. The summed E-state index contributed by atoms with van der Waals surface area (Å²) in [5, 5.41) is 10.7. The van der Waals surface area contributed by atoms with Crippen LogP contribution in [-0.4, -0.2) is 45.5 Å². The quantitative estimate of drug-likeness (QED) is 0.325. The molecule has 10 nitrogen and oxygen atoms in total. The lowest BCUT2D eigenvalue weighted by Crippen LogP contribution is -2.15. The molecule has 0 aliphatic carbocycles. The molecule has 14 heteroatoms. The second-order valence-corrected chi connectivity index (χ2v) is 9.08. The molecule has 0 bridgehead atoms. The molecule has 0 aliphatic rings. The highest BCUT2D eigenvalue weighted by Gasteiger charge is 2.27. The number of halogens is 3. The maximum absolute atomic E-state index is 15.4. The summed E-state index contributed by atoms with van der Waals surface area (Å²) in [7, 11) is -1.68. The molecule has 0 atom stereocenters. The number of fused-ring (bicyclic) bond motifs is 1. The van der Waals surface area contributed by atoms with Crippen LogP contribution in [0.1, 0.15) is 0 Å². The molecule has 5 rings (SSSR count). The average Bonchev–Trinajstić information content (AvgIpc) is 3.56. The number of hydrogen-bond donors (Lipinski definition) is 3. The molecule has 0 saturated heterocycles. The molecule has 0 unspecified atom stereocenters. The van der Waals surface area contributed by atoms with Crippen molar-refractivity contribution >= 4 is 26.6 Å². The summed E-state index contributed by atoms with van der Waals surface area (Å²) >= 11 is 0. The number of benzene rings is 2. The second-order valence-electron chi connectivity index (χ2n) is 7.43. The third kappa shape index (κ3) is 3.67. The number of hydrogen-bond acceptors (Lipinski definition) is 6. The van der Waals surface area contributed by atoms with Crippen molar-refractivity contribution in [3.63, 3.8) is 0 Å². The fourth-order valence-corrected chi connectivity index (χ4v) is 4.88. The zero-order valence-corrected chi connectivity index (χ0v) is 18.9. The topological polar surface area (TPSA) is 131 Å². The summed E-state index contributed by atoms with van der Waals surface area (Å²) in [6, 6.07) is 4.35. The zero-order chi connectivity index (χ0) is 24.9. The summed E-state index contributed by atoms with van der Waals surface area (Å²) in [5.74, 6) is -3.21. The van der Waals surface area contributed by atoms with Crippen LogP contribution < -0.4 is 9.46 Å². The summed E-state index contributed by atoms with van der Waals surface area (Å²) in [6.45, 7) is 0. The minimum Gasteiger partial charge on any atom is -0.479 e. The first-order valence-electron chi connectivity index (χ1n) is 9.96. The van der Waals surface area contributed by atoms with Crippen LogP contribution in [0, 0.1) is 17.5 Å². The number of ether oxygens (including phenoxy) is 1. The number of anilines is 1. The van der Waals surface area contributed by atoms with Crippen molar-refractivity contribution in [1.82, 2.24) is 29.9 Å². The van der Waals surface area contributed by atoms with Gasteiger partial charge in [0.15, 0.2) is 22.4 Å². The van der Waals surface area contributed by atoms with Crippen molar-refractivity contribution in [2.75, 3.05) is 11.8 Å². The molecule has 5 aromatic rings. The SMILES string of the molecule is COc1nn(C)cc1S(=O)(=O)Nc1ccc(F)c(-c2ccc3c(-c4ncc[nH]4)n[nH]c3c2F)c1F. The molecule has 3 heterocycles. The van der Waals surface area contributed by atoms with Crippen LogP contribution in [0.15, 0.2) is 47.8 Å². The third-order valence-electron chi connectivity index (χ3n) is 5.25. The van der Waals surface area contributed by atoms with E-state index in [4.69, 9.17) is 4.74 Å². The van der Waals surface area contributed by atoms with Crippen molar-refractivity contribution in [3.05, 3.63) is 60.3 Å². The van der Waals surface area contributed by atoms with Crippen LogP contribution in [0.25, 0.3) is 33.5 Å². The van der Waals surface area contributed by atoms with E-state index >= 15 is 8.78 Å². The van der Waals surface area contributed by atoms with Crippen molar-refractivity contribution in [2.24, 2.45) is 7.05 Å². The van der Waals surface area contributed by atoms with Gasteiger partial charge in [-0.15, -0.1) is 5.10 Å². The Morgan fingerprint density at radius 3 is 2.63 bits per heavy atom. The van der Waals surface area contributed by atoms with Gasteiger partial charge >= 0.3 is 0 Å². The predicted molar refractivity (Wildman–Crippen MR) is 120 cm³/mol. The van der Waals surface area contributed by atoms with Crippen LogP contribution in [0.5, 0.6) is 5.88 Å². The van der Waals surface area contributed by atoms with Gasteiger partial charge in [0.25, 0.3) is 15.9 Å². The lowest BCUT2D eigenvalue weighted by molar-refractivity contribution is 0.382. The van der Waals surface area contributed by atoms with Gasteiger partial charge in [0.1, 0.15) is 17.0 Å². The van der Waals surface area contributed by atoms with Crippen molar-refractivity contribution in [3.8, 4) is 28.5 Å². The van der Waals surface area contributed by atoms with Gasteiger partial charge in [-0.1, -0.05) is 6.07 Å². The van der Waals surface area contributed by atoms with Gasteiger partial charge in [-0.3, -0.25) is 14.5 Å². The van der Waals surface area contributed by atoms with Gasteiger partial charge in [0, 0.05) is 36.6 Å². The summed E-state index contributed by atoms with van der Waals surface area (Å²) < 4.78 is 79.5. The highest BCUT2D eigenvalue weighted by Crippen LogP contribution is 2.37. The first-order valence-corrected chi connectivity index (χ1v) is 11.4. The largest absolute Gasteiger partial charge is 0.479 e. The molecule has 2 aromatic carbocycles. The molecule has 0 radical (unpaired) electrons. The molecule has 3 aromatic heterocycles. The number of methoxy groups -OCH3 is 1. The molecule has 0 aliphatic heterocycles. The number of aromatic nitrogens is 6. The lowest BCUT2D eigenvalue weighted by Gasteiger charge is -2.13. The van der Waals surface area contributed by atoms with E-state index in [1.807, 2.05) is 4.72 Å². The molecule has 0 saturated carbocycles. The summed E-state index contributed by atoms with van der Waals surface area (Å²) in [6.07, 6.45) is 4.23. The molecule has 0 spiro atoms. The van der Waals surface area contributed by atoms with Crippen LogP contribution in [-0.2, 0) is 17.1 Å². The number of aryl methyl sites for hydroxylation is 1. The average molecular weight is 503 g/mol. The van der Waals surface area contributed by atoms with E-state index < -0.39 is 44.3 Å². The van der Waals surface area contributed by atoms with Crippen molar-refractivity contribution in [1.29, 1.82) is 0 Å². The van der Waals surface area contributed by atoms with Gasteiger partial charge in [0.2, 0.25) is 0 Å². The number of rotatable bonds is 6. The van der Waals surface area contributed by atoms with Gasteiger partial charge in [-0.2, -0.15) is 5.10 Å². The van der Waals surface area contributed by atoms with Crippen LogP contribution in [0.4, 0.5) is 18.9 Å². The summed E-state index contributed by atoms with van der Waals surface area (Å²) in [5.41, 5.74) is -1.55. The Bertz CT molecular complexity index is 1680. The van der Waals surface area contributed by atoms with Crippen LogP contribution in [0.2, 0.25) is 0 Å². The van der Waals surface area contributed by atoms with E-state index in [0.717, 1.165) is 18.3 Å². The maximum Gasteiger partial charge on any atom is 0.268 e. The van der Waals surface area contributed by atoms with Crippen molar-refractivity contribution < 1.29 is 26.3 Å². The van der Waals surface area contributed by atoms with Gasteiger partial charge in [0.05, 0.1) is 18.4 Å². The Kier molecular flexibility index (Phi) is 5.24. The maximum atomic E-state index is 15.4. The van der Waals surface area contributed by atoms with E-state index in [0.29, 0.717) is 16.9 Å². The zero-order valence-electron chi connectivity index (χ0n) is 18.1. The highest BCUT2D eigenvalue weighted by atomic mass is 32.2. The number of nitrogens with zero attached hydrogens (tertiary/aromatic N) is 4. The molecule has 0 amide bonds. The second kappa shape index (κ2) is 8.16. The molecular weight excluding hydrogens is 487 g/mol. The van der Waals surface area contributed by atoms with E-state index in [1.54, 1.807) is 6.20 Å². The Morgan fingerprint density at radius 2 is 1.91 bits per heavy atom. The van der Waals surface area contributed by atoms with E-state index in [1.165, 1.54) is 37.2 Å². The third-order valence-corrected chi connectivity index (χ3v) is 6.60. The fourth-order valence-electron chi connectivity index (χ4n) is 3.67. The lowest BCUT2D eigenvalue weighted by atomic mass is 10.0. The van der Waals surface area contributed by atoms with Gasteiger partial charge in [-0.25, -0.2) is 26.6 Å². The van der Waals surface area contributed by atoms with Crippen LogP contribution >= 0.6 is 0 Å². The van der Waals surface area contributed by atoms with Crippen LogP contribution in [0.3, 0.4) is 0 Å². The fraction of sp³-hybridized carbons (Fsp3) is 0.0952. The Hall–Kier alpha value is -4.33. The standard InChI is InChI=1S/C21H16F3N7O3S/c1-31-9-14(21(29-31)34-2)35(32,33)30-13-6-5-12(22)15(17(13)24)10-3-4-11-18(16(10)23)27-28-19(11)20-25-7-8-26-20/h3-9,30H,1-2H3,(H,25,26)(H,27,28). The Labute approximate surface area is 195 Å². The Morgan fingerprint density at radius 1 is 1.11 bits per heavy atom. The van der Waals surface area contributed by atoms with E-state index in [2.05, 4.69) is 25.3 Å². The number of aromatic amines is 2. The van der Waals surface area contributed by atoms with Gasteiger partial charge in [-0.05, 0) is 18.2 Å². The molecule has 0 fully saturated rings. The normalized spacial score (nSPS) is 11.8.